The van der Waals surface area contributed by atoms with E-state index in [2.05, 4.69) is 18.0 Å². The summed E-state index contributed by atoms with van der Waals surface area (Å²) in [4.78, 5) is 25.4. The quantitative estimate of drug-likeness (QED) is 0.447. The van der Waals surface area contributed by atoms with Gasteiger partial charge in [0.05, 0.1) is 28.1 Å². The molecule has 0 aliphatic rings. The summed E-state index contributed by atoms with van der Waals surface area (Å²) in [5.74, 6) is -0.0464. The molecule has 0 unspecified atom stereocenters. The van der Waals surface area contributed by atoms with Crippen LogP contribution in [0.1, 0.15) is 17.6 Å². The van der Waals surface area contributed by atoms with Crippen molar-refractivity contribution in [2.45, 2.75) is 20.0 Å². The van der Waals surface area contributed by atoms with E-state index in [0.29, 0.717) is 11.7 Å². The minimum Gasteiger partial charge on any atom is -0.294 e. The Morgan fingerprint density at radius 3 is 2.50 bits per heavy atom. The maximum atomic E-state index is 12.2. The van der Waals surface area contributed by atoms with Gasteiger partial charge in [-0.15, -0.1) is 22.7 Å². The predicted molar refractivity (Wildman–Crippen MR) is 116 cm³/mol. The molecule has 2 heterocycles. The van der Waals surface area contributed by atoms with Gasteiger partial charge in [0.25, 0.3) is 0 Å². The number of hydrogen-bond acceptors (Lipinski definition) is 6. The van der Waals surface area contributed by atoms with Crippen molar-refractivity contribution in [3.05, 3.63) is 70.7 Å². The van der Waals surface area contributed by atoms with Crippen molar-refractivity contribution < 1.29 is 4.79 Å². The predicted octanol–water partition coefficient (Wildman–Crippen LogP) is 5.07. The van der Waals surface area contributed by atoms with Crippen molar-refractivity contribution in [3.63, 3.8) is 0 Å². The van der Waals surface area contributed by atoms with E-state index in [4.69, 9.17) is 9.97 Å². The van der Waals surface area contributed by atoms with Crippen molar-refractivity contribution >= 4 is 49.6 Å². The summed E-state index contributed by atoms with van der Waals surface area (Å²) in [5.41, 5.74) is 2.83. The van der Waals surface area contributed by atoms with Crippen molar-refractivity contribution in [1.82, 2.24) is 14.9 Å². The SMILES string of the molecule is CC(=O)N(c1ccccc1)c1nc(CN(C)Cc2nc3ccccc3s2)cs1. The molecule has 0 aliphatic carbocycles. The smallest absolute Gasteiger partial charge is 0.230 e. The van der Waals surface area contributed by atoms with Crippen LogP contribution < -0.4 is 4.90 Å². The van der Waals surface area contributed by atoms with Crippen molar-refractivity contribution in [3.8, 4) is 0 Å². The maximum absolute atomic E-state index is 12.2. The first-order chi connectivity index (χ1) is 13.6. The molecule has 5 nitrogen and oxygen atoms in total. The molecule has 7 heteroatoms. The molecule has 0 fully saturated rings. The highest BCUT2D eigenvalue weighted by molar-refractivity contribution is 7.18. The van der Waals surface area contributed by atoms with Crippen LogP contribution in [0.3, 0.4) is 0 Å². The van der Waals surface area contributed by atoms with Crippen LogP contribution >= 0.6 is 22.7 Å². The Labute approximate surface area is 171 Å². The molecule has 4 rings (SSSR count). The van der Waals surface area contributed by atoms with E-state index in [1.165, 1.54) is 16.0 Å². The molecule has 0 spiro atoms. The maximum Gasteiger partial charge on any atom is 0.230 e. The molecule has 0 N–H and O–H groups in total. The zero-order chi connectivity index (χ0) is 19.5. The summed E-state index contributed by atoms with van der Waals surface area (Å²) in [6.45, 7) is 3.03. The van der Waals surface area contributed by atoms with Crippen LogP contribution in [0.5, 0.6) is 0 Å². The molecule has 142 valence electrons. The molecule has 0 atom stereocenters. The van der Waals surface area contributed by atoms with E-state index in [9.17, 15) is 4.79 Å². The number of thiazole rings is 2. The second kappa shape index (κ2) is 8.18. The van der Waals surface area contributed by atoms with Crippen LogP contribution in [-0.2, 0) is 17.9 Å². The molecule has 2 aromatic heterocycles. The van der Waals surface area contributed by atoms with Crippen LogP contribution in [0.25, 0.3) is 10.2 Å². The van der Waals surface area contributed by atoms with Gasteiger partial charge in [0.15, 0.2) is 5.13 Å². The van der Waals surface area contributed by atoms with Gasteiger partial charge in [-0.25, -0.2) is 9.97 Å². The fraction of sp³-hybridized carbons (Fsp3) is 0.190. The number of para-hydroxylation sites is 2. The number of carbonyl (C=O) groups is 1. The number of amides is 1. The number of fused-ring (bicyclic) bond motifs is 1. The van der Waals surface area contributed by atoms with E-state index >= 15 is 0 Å². The Morgan fingerprint density at radius 1 is 1.00 bits per heavy atom. The van der Waals surface area contributed by atoms with Crippen LogP contribution in [0.2, 0.25) is 0 Å². The van der Waals surface area contributed by atoms with Gasteiger partial charge in [-0.2, -0.15) is 0 Å². The second-order valence-electron chi connectivity index (χ2n) is 6.56. The third-order valence-corrected chi connectivity index (χ3v) is 6.13. The summed E-state index contributed by atoms with van der Waals surface area (Å²) >= 11 is 3.21. The third kappa shape index (κ3) is 4.11. The Hall–Kier alpha value is -2.61. The summed E-state index contributed by atoms with van der Waals surface area (Å²) in [5, 5.41) is 3.80. The number of aromatic nitrogens is 2. The first kappa shape index (κ1) is 18.7. The first-order valence-electron chi connectivity index (χ1n) is 8.93. The lowest BCUT2D eigenvalue weighted by atomic mass is 10.3. The first-order valence-corrected chi connectivity index (χ1v) is 10.6. The third-order valence-electron chi connectivity index (χ3n) is 4.24. The van der Waals surface area contributed by atoms with E-state index in [1.807, 2.05) is 53.9 Å². The van der Waals surface area contributed by atoms with Gasteiger partial charge in [-0.1, -0.05) is 30.3 Å². The fourth-order valence-corrected chi connectivity index (χ4v) is 4.95. The average Bonchev–Trinajstić information content (AvgIpc) is 3.28. The number of nitrogens with zero attached hydrogens (tertiary/aromatic N) is 4. The normalized spacial score (nSPS) is 11.2. The minimum atomic E-state index is -0.0464. The number of anilines is 2. The average molecular weight is 409 g/mol. The molecule has 0 saturated carbocycles. The Bertz CT molecular complexity index is 1060. The molecule has 0 aliphatic heterocycles. The van der Waals surface area contributed by atoms with Gasteiger partial charge in [0.2, 0.25) is 5.91 Å². The van der Waals surface area contributed by atoms with Crippen LogP contribution in [0, 0.1) is 0 Å². The molecule has 4 aromatic rings. The van der Waals surface area contributed by atoms with Gasteiger partial charge in [0, 0.05) is 18.8 Å². The van der Waals surface area contributed by atoms with Gasteiger partial charge < -0.3 is 0 Å². The standard InChI is InChI=1S/C21H20N4OS2/c1-15(26)25(17-8-4-3-5-9-17)21-22-16(14-27-21)12-24(2)13-20-23-18-10-6-7-11-19(18)28-20/h3-11,14H,12-13H2,1-2H3. The van der Waals surface area contributed by atoms with Gasteiger partial charge in [-0.3, -0.25) is 14.6 Å². The highest BCUT2D eigenvalue weighted by atomic mass is 32.1. The van der Waals surface area contributed by atoms with E-state index in [1.54, 1.807) is 23.2 Å². The number of hydrogen-bond donors (Lipinski definition) is 0. The molecule has 0 radical (unpaired) electrons. The monoisotopic (exact) mass is 408 g/mol. The molecule has 28 heavy (non-hydrogen) atoms. The van der Waals surface area contributed by atoms with Crippen LogP contribution in [-0.4, -0.2) is 27.8 Å². The molecular weight excluding hydrogens is 388 g/mol. The zero-order valence-electron chi connectivity index (χ0n) is 15.7. The summed E-state index contributed by atoms with van der Waals surface area (Å²) in [6.07, 6.45) is 0. The highest BCUT2D eigenvalue weighted by Gasteiger charge is 2.18. The summed E-state index contributed by atoms with van der Waals surface area (Å²) in [7, 11) is 2.06. The van der Waals surface area contributed by atoms with Crippen molar-refractivity contribution in [2.75, 3.05) is 11.9 Å². The molecule has 2 aromatic carbocycles. The van der Waals surface area contributed by atoms with Crippen LogP contribution in [0.4, 0.5) is 10.8 Å². The number of rotatable bonds is 6. The van der Waals surface area contributed by atoms with Crippen LogP contribution in [0.15, 0.2) is 60.0 Å². The zero-order valence-corrected chi connectivity index (χ0v) is 17.3. The van der Waals surface area contributed by atoms with Gasteiger partial charge >= 0.3 is 0 Å². The van der Waals surface area contributed by atoms with Gasteiger partial charge in [0.1, 0.15) is 5.01 Å². The van der Waals surface area contributed by atoms with E-state index < -0.39 is 0 Å². The van der Waals surface area contributed by atoms with E-state index in [-0.39, 0.29) is 5.91 Å². The summed E-state index contributed by atoms with van der Waals surface area (Å²) in [6, 6.07) is 17.8. The Kier molecular flexibility index (Phi) is 5.47. The van der Waals surface area contributed by atoms with Crippen molar-refractivity contribution in [2.24, 2.45) is 0 Å². The summed E-state index contributed by atoms with van der Waals surface area (Å²) < 4.78 is 1.21. The van der Waals surface area contributed by atoms with Crippen molar-refractivity contribution in [1.29, 1.82) is 0 Å². The highest BCUT2D eigenvalue weighted by Crippen LogP contribution is 2.29. The lowest BCUT2D eigenvalue weighted by molar-refractivity contribution is -0.115. The molecule has 0 bridgehead atoms. The van der Waals surface area contributed by atoms with Gasteiger partial charge in [-0.05, 0) is 31.3 Å². The molecular formula is C21H20N4OS2. The topological polar surface area (TPSA) is 49.3 Å². The lowest BCUT2D eigenvalue weighted by Crippen LogP contribution is -2.23. The largest absolute Gasteiger partial charge is 0.294 e. The lowest BCUT2D eigenvalue weighted by Gasteiger charge is -2.18. The Balaban J connectivity index is 1.47. The van der Waals surface area contributed by atoms with E-state index in [0.717, 1.165) is 28.5 Å². The molecule has 1 amide bonds. The fourth-order valence-electron chi connectivity index (χ4n) is 3.03. The number of benzene rings is 2. The minimum absolute atomic E-state index is 0.0464. The second-order valence-corrected chi connectivity index (χ2v) is 8.51. The Morgan fingerprint density at radius 2 is 1.75 bits per heavy atom. The molecule has 0 saturated heterocycles. The number of carbonyl (C=O) groups excluding carboxylic acids is 1.